The number of carbonyl (C=O) groups is 1. The topological polar surface area (TPSA) is 34.1 Å². The van der Waals surface area contributed by atoms with Crippen molar-refractivity contribution >= 4 is 16.6 Å². The van der Waals surface area contributed by atoms with Crippen molar-refractivity contribution in [1.29, 1.82) is 0 Å². The molecular formula is C9H7FO2S. The fraction of sp³-hybridized carbons (Fsp3) is 0.222. The van der Waals surface area contributed by atoms with Gasteiger partial charge in [-0.2, -0.15) is 0 Å². The molecule has 0 aromatic heterocycles. The minimum atomic E-state index is -1.13. The largest absolute Gasteiger partial charge is 0.294 e. The lowest BCUT2D eigenvalue weighted by atomic mass is 10.1. The summed E-state index contributed by atoms with van der Waals surface area (Å²) in [6.45, 7) is 0. The van der Waals surface area contributed by atoms with Crippen LogP contribution in [0.2, 0.25) is 0 Å². The number of benzene rings is 1. The number of ketones is 1. The summed E-state index contributed by atoms with van der Waals surface area (Å²) in [7, 11) is -1.13. The number of carbonyl (C=O) groups excluding carboxylic acids is 1. The molecule has 0 saturated carbocycles. The zero-order valence-electron chi connectivity index (χ0n) is 6.75. The smallest absolute Gasteiger partial charge is 0.165 e. The van der Waals surface area contributed by atoms with Crippen molar-refractivity contribution in [2.75, 3.05) is 5.75 Å². The van der Waals surface area contributed by atoms with Crippen molar-refractivity contribution < 1.29 is 13.4 Å². The summed E-state index contributed by atoms with van der Waals surface area (Å²) in [6.07, 6.45) is 0.253. The summed E-state index contributed by atoms with van der Waals surface area (Å²) < 4.78 is 24.1. The highest BCUT2D eigenvalue weighted by molar-refractivity contribution is 7.85. The average Bonchev–Trinajstić information content (AvgIpc) is 2.12. The van der Waals surface area contributed by atoms with Gasteiger partial charge in [-0.15, -0.1) is 0 Å². The average molecular weight is 198 g/mol. The van der Waals surface area contributed by atoms with Gasteiger partial charge >= 0.3 is 0 Å². The van der Waals surface area contributed by atoms with E-state index in [4.69, 9.17) is 0 Å². The molecule has 1 unspecified atom stereocenters. The molecule has 0 fully saturated rings. The first-order valence-corrected chi connectivity index (χ1v) is 5.21. The SMILES string of the molecule is O=C1CCS(=O)c2ccc(F)cc21. The predicted octanol–water partition coefficient (Wildman–Crippen LogP) is 1.52. The number of rotatable bonds is 0. The van der Waals surface area contributed by atoms with Crippen molar-refractivity contribution in [2.24, 2.45) is 0 Å². The van der Waals surface area contributed by atoms with Crippen molar-refractivity contribution in [3.8, 4) is 0 Å². The van der Waals surface area contributed by atoms with E-state index >= 15 is 0 Å². The zero-order chi connectivity index (χ0) is 9.42. The third-order valence-corrected chi connectivity index (χ3v) is 3.42. The van der Waals surface area contributed by atoms with Gasteiger partial charge in [-0.1, -0.05) is 0 Å². The summed E-state index contributed by atoms with van der Waals surface area (Å²) in [5.74, 6) is -0.211. The Morgan fingerprint density at radius 2 is 2.15 bits per heavy atom. The van der Waals surface area contributed by atoms with Gasteiger partial charge in [0.05, 0.1) is 10.8 Å². The third-order valence-electron chi connectivity index (χ3n) is 2.00. The molecule has 68 valence electrons. The van der Waals surface area contributed by atoms with Gasteiger partial charge in [0, 0.05) is 22.6 Å². The Bertz CT molecular complexity index is 401. The molecule has 1 aromatic rings. The molecule has 1 aliphatic rings. The quantitative estimate of drug-likeness (QED) is 0.633. The van der Waals surface area contributed by atoms with E-state index in [-0.39, 0.29) is 17.8 Å². The van der Waals surface area contributed by atoms with Crippen molar-refractivity contribution in [2.45, 2.75) is 11.3 Å². The van der Waals surface area contributed by atoms with Crippen molar-refractivity contribution in [1.82, 2.24) is 0 Å². The maximum Gasteiger partial charge on any atom is 0.165 e. The van der Waals surface area contributed by atoms with Crippen LogP contribution in [0.25, 0.3) is 0 Å². The first-order chi connectivity index (χ1) is 6.18. The van der Waals surface area contributed by atoms with E-state index in [9.17, 15) is 13.4 Å². The van der Waals surface area contributed by atoms with Crippen LogP contribution in [0.4, 0.5) is 4.39 Å². The molecule has 0 N–H and O–H groups in total. The second-order valence-electron chi connectivity index (χ2n) is 2.86. The van der Waals surface area contributed by atoms with E-state index in [2.05, 4.69) is 0 Å². The molecule has 1 atom stereocenters. The second-order valence-corrected chi connectivity index (χ2v) is 4.40. The van der Waals surface area contributed by atoms with Gasteiger partial charge in [-0.05, 0) is 18.2 Å². The molecule has 4 heteroatoms. The molecule has 0 radical (unpaired) electrons. The van der Waals surface area contributed by atoms with Crippen LogP contribution in [-0.4, -0.2) is 15.7 Å². The highest BCUT2D eigenvalue weighted by Crippen LogP contribution is 2.22. The van der Waals surface area contributed by atoms with Crippen LogP contribution >= 0.6 is 0 Å². The molecule has 1 heterocycles. The van der Waals surface area contributed by atoms with Gasteiger partial charge in [0.15, 0.2) is 5.78 Å². The molecule has 0 amide bonds. The Hall–Kier alpha value is -1.03. The highest BCUT2D eigenvalue weighted by Gasteiger charge is 2.22. The van der Waals surface area contributed by atoms with Gasteiger partial charge in [0.2, 0.25) is 0 Å². The Morgan fingerprint density at radius 3 is 2.92 bits per heavy atom. The van der Waals surface area contributed by atoms with Crippen LogP contribution in [0.3, 0.4) is 0 Å². The zero-order valence-corrected chi connectivity index (χ0v) is 7.57. The minimum absolute atomic E-state index is 0.117. The summed E-state index contributed by atoms with van der Waals surface area (Å²) >= 11 is 0. The molecular weight excluding hydrogens is 191 g/mol. The van der Waals surface area contributed by atoms with Gasteiger partial charge < -0.3 is 0 Å². The van der Waals surface area contributed by atoms with Crippen LogP contribution in [0.5, 0.6) is 0 Å². The lowest BCUT2D eigenvalue weighted by molar-refractivity contribution is 0.0983. The summed E-state index contributed by atoms with van der Waals surface area (Å²) in [5.41, 5.74) is 0.282. The molecule has 13 heavy (non-hydrogen) atoms. The summed E-state index contributed by atoms with van der Waals surface area (Å²) in [6, 6.07) is 3.82. The third kappa shape index (κ3) is 1.42. The Balaban J connectivity index is 2.63. The molecule has 0 bridgehead atoms. The fourth-order valence-corrected chi connectivity index (χ4v) is 2.58. The summed E-state index contributed by atoms with van der Waals surface area (Å²) in [5, 5.41) is 0. The van der Waals surface area contributed by atoms with Gasteiger partial charge in [0.25, 0.3) is 0 Å². The van der Waals surface area contributed by atoms with E-state index < -0.39 is 16.6 Å². The van der Waals surface area contributed by atoms with Crippen LogP contribution in [0, 0.1) is 5.82 Å². The Labute approximate surface area is 77.2 Å². The second kappa shape index (κ2) is 3.03. The first-order valence-electron chi connectivity index (χ1n) is 3.89. The highest BCUT2D eigenvalue weighted by atomic mass is 32.2. The molecule has 2 rings (SSSR count). The lowest BCUT2D eigenvalue weighted by Gasteiger charge is -2.13. The van der Waals surface area contributed by atoms with E-state index in [1.54, 1.807) is 0 Å². The molecule has 0 aliphatic carbocycles. The van der Waals surface area contributed by atoms with Crippen LogP contribution in [0.1, 0.15) is 16.8 Å². The monoisotopic (exact) mass is 198 g/mol. The number of hydrogen-bond donors (Lipinski definition) is 0. The van der Waals surface area contributed by atoms with Gasteiger partial charge in [-0.25, -0.2) is 4.39 Å². The predicted molar refractivity (Wildman–Crippen MR) is 46.6 cm³/mol. The van der Waals surface area contributed by atoms with E-state index in [1.165, 1.54) is 12.1 Å². The molecule has 0 spiro atoms. The van der Waals surface area contributed by atoms with Crippen molar-refractivity contribution in [3.05, 3.63) is 29.6 Å². The minimum Gasteiger partial charge on any atom is -0.294 e. The van der Waals surface area contributed by atoms with Gasteiger partial charge in [0.1, 0.15) is 5.82 Å². The van der Waals surface area contributed by atoms with E-state index in [0.717, 1.165) is 6.07 Å². The molecule has 0 saturated heterocycles. The lowest BCUT2D eigenvalue weighted by Crippen LogP contribution is -2.16. The normalized spacial score (nSPS) is 21.3. The van der Waals surface area contributed by atoms with Crippen LogP contribution in [-0.2, 0) is 10.8 Å². The fourth-order valence-electron chi connectivity index (χ4n) is 1.35. The first kappa shape index (κ1) is 8.56. The van der Waals surface area contributed by atoms with E-state index in [1.807, 2.05) is 0 Å². The van der Waals surface area contributed by atoms with Gasteiger partial charge in [-0.3, -0.25) is 9.00 Å². The molecule has 2 nitrogen and oxygen atoms in total. The standard InChI is InChI=1S/C9H7FO2S/c10-6-1-2-9-7(5-6)8(11)3-4-13(9)12/h1-2,5H,3-4H2. The number of Topliss-reactive ketones (excluding diaryl/α,β-unsaturated/α-hetero) is 1. The Morgan fingerprint density at radius 1 is 1.38 bits per heavy atom. The number of fused-ring (bicyclic) bond motifs is 1. The molecule has 1 aromatic carbocycles. The maximum atomic E-state index is 12.7. The van der Waals surface area contributed by atoms with Crippen LogP contribution in [0.15, 0.2) is 23.1 Å². The van der Waals surface area contributed by atoms with E-state index in [0.29, 0.717) is 10.6 Å². The van der Waals surface area contributed by atoms with Crippen molar-refractivity contribution in [3.63, 3.8) is 0 Å². The molecule has 1 aliphatic heterocycles. The Kier molecular flexibility index (Phi) is 2.00. The maximum absolute atomic E-state index is 12.7. The summed E-state index contributed by atoms with van der Waals surface area (Å²) in [4.78, 5) is 11.8. The number of halogens is 1. The number of hydrogen-bond acceptors (Lipinski definition) is 2. The van der Waals surface area contributed by atoms with Crippen LogP contribution < -0.4 is 0 Å².